The van der Waals surface area contributed by atoms with E-state index >= 15 is 0 Å². The lowest BCUT2D eigenvalue weighted by molar-refractivity contribution is -0.183. The predicted octanol–water partition coefficient (Wildman–Crippen LogP) is 4.62. The van der Waals surface area contributed by atoms with E-state index in [1.165, 1.54) is 6.42 Å². The van der Waals surface area contributed by atoms with Gasteiger partial charge in [-0.2, -0.15) is 5.06 Å². The van der Waals surface area contributed by atoms with Gasteiger partial charge >= 0.3 is 0 Å². The predicted molar refractivity (Wildman–Crippen MR) is 189 cm³/mol. The molecule has 4 aliphatic rings. The van der Waals surface area contributed by atoms with Gasteiger partial charge in [0.25, 0.3) is 0 Å². The van der Waals surface area contributed by atoms with E-state index in [1.807, 2.05) is 54.6 Å². The lowest BCUT2D eigenvalue weighted by Gasteiger charge is -2.62. The number of sulfonamides is 1. The summed E-state index contributed by atoms with van der Waals surface area (Å²) in [5, 5.41) is 25.4. The van der Waals surface area contributed by atoms with E-state index in [2.05, 4.69) is 30.8 Å². The number of carbonyl (C=O) groups excluding carboxylic acids is 1. The van der Waals surface area contributed by atoms with Gasteiger partial charge in [-0.05, 0) is 65.7 Å². The third-order valence-electron chi connectivity index (χ3n) is 11.4. The van der Waals surface area contributed by atoms with E-state index in [9.17, 15) is 23.4 Å². The summed E-state index contributed by atoms with van der Waals surface area (Å²) in [5.74, 6) is 1.13. The number of benzene rings is 3. The maximum atomic E-state index is 14.0. The Morgan fingerprint density at radius 2 is 1.78 bits per heavy atom. The first-order chi connectivity index (χ1) is 23.5. The van der Waals surface area contributed by atoms with Crippen LogP contribution in [0.1, 0.15) is 44.7 Å². The van der Waals surface area contributed by atoms with Gasteiger partial charge in [0.1, 0.15) is 17.9 Å². The molecule has 3 saturated carbocycles. The van der Waals surface area contributed by atoms with Crippen molar-refractivity contribution in [2.24, 2.45) is 29.1 Å². The fourth-order valence-electron chi connectivity index (χ4n) is 8.41. The third kappa shape index (κ3) is 7.23. The van der Waals surface area contributed by atoms with Crippen LogP contribution < -0.4 is 14.8 Å². The highest BCUT2D eigenvalue weighted by Gasteiger charge is 2.57. The van der Waals surface area contributed by atoms with Gasteiger partial charge in [-0.25, -0.2) is 8.42 Å². The smallest absolute Gasteiger partial charge is 0.240 e. The highest BCUT2D eigenvalue weighted by Crippen LogP contribution is 2.61. The number of ether oxygens (including phenoxy) is 1. The lowest BCUT2D eigenvalue weighted by atomic mass is 9.45. The number of rotatable bonds is 13. The van der Waals surface area contributed by atoms with Gasteiger partial charge < -0.3 is 20.3 Å². The number of amides is 1. The monoisotopic (exact) mass is 691 g/mol. The summed E-state index contributed by atoms with van der Waals surface area (Å²) < 4.78 is 34.5. The van der Waals surface area contributed by atoms with Crippen LogP contribution in [0.3, 0.4) is 0 Å². The van der Waals surface area contributed by atoms with E-state index in [4.69, 9.17) is 9.57 Å². The van der Waals surface area contributed by atoms with E-state index in [0.29, 0.717) is 35.6 Å². The molecule has 3 aromatic carbocycles. The standard InChI is InChI=1S/C38H49N3O7S/c1-24-32-19-28(38(32,2)3)20-33(24)39-37(44)35-31(22-42)34(23-43)48-41(35)21-27-13-9-15-30(36(27)47-4)26-12-8-14-29(18-26)40-49(45,46)17-16-25-10-6-5-7-11-25/h5-15,18,24,28,31-35,40,42-43H,16-17,19-23H2,1-4H3,(H,39,44)/t24-,28+,31-,32-,33-,34-,35-/m0/s1. The summed E-state index contributed by atoms with van der Waals surface area (Å²) >= 11 is 0. The number of aryl methyl sites for hydroxylation is 1. The average Bonchev–Trinajstić information content (AvgIpc) is 3.45. The number of carbonyl (C=O) groups is 1. The first-order valence-electron chi connectivity index (χ1n) is 17.2. The third-order valence-corrected chi connectivity index (χ3v) is 12.7. The average molecular weight is 692 g/mol. The van der Waals surface area contributed by atoms with Crippen LogP contribution in [0.25, 0.3) is 11.1 Å². The second-order valence-corrected chi connectivity index (χ2v) is 16.3. The Balaban J connectivity index is 1.20. The molecule has 1 amide bonds. The van der Waals surface area contributed by atoms with Crippen LogP contribution in [0.5, 0.6) is 5.75 Å². The number of nitrogens with one attached hydrogen (secondary N) is 2. The molecule has 7 rings (SSSR count). The number of hydrogen-bond donors (Lipinski definition) is 4. The Kier molecular flexibility index (Phi) is 10.4. The number of para-hydroxylation sites is 1. The highest BCUT2D eigenvalue weighted by molar-refractivity contribution is 7.92. The van der Waals surface area contributed by atoms with E-state index < -0.39 is 28.1 Å². The molecule has 49 heavy (non-hydrogen) atoms. The number of methoxy groups -OCH3 is 1. The molecule has 11 heteroatoms. The first-order valence-corrected chi connectivity index (χ1v) is 18.9. The van der Waals surface area contributed by atoms with Crippen molar-refractivity contribution >= 4 is 21.6 Å². The fourth-order valence-corrected chi connectivity index (χ4v) is 9.51. The largest absolute Gasteiger partial charge is 0.496 e. The number of fused-ring (bicyclic) bond motifs is 2. The highest BCUT2D eigenvalue weighted by atomic mass is 32.2. The van der Waals surface area contributed by atoms with E-state index in [1.54, 1.807) is 30.4 Å². The van der Waals surface area contributed by atoms with Crippen LogP contribution in [0.4, 0.5) is 5.69 Å². The molecule has 2 bridgehead atoms. The van der Waals surface area contributed by atoms with Crippen molar-refractivity contribution in [1.29, 1.82) is 0 Å². The van der Waals surface area contributed by atoms with Crippen molar-refractivity contribution < 1.29 is 33.0 Å². The van der Waals surface area contributed by atoms with Gasteiger partial charge in [0.15, 0.2) is 0 Å². The molecule has 3 aromatic rings. The van der Waals surface area contributed by atoms with Crippen LogP contribution in [0.15, 0.2) is 72.8 Å². The number of anilines is 1. The van der Waals surface area contributed by atoms with Crippen molar-refractivity contribution in [3.8, 4) is 16.9 Å². The van der Waals surface area contributed by atoms with Gasteiger partial charge in [-0.15, -0.1) is 0 Å². The molecule has 7 atom stereocenters. The molecular weight excluding hydrogens is 642 g/mol. The van der Waals surface area contributed by atoms with Crippen LogP contribution in [-0.2, 0) is 32.6 Å². The maximum absolute atomic E-state index is 14.0. The summed E-state index contributed by atoms with van der Waals surface area (Å²) in [6.45, 7) is 6.37. The SMILES string of the molecule is COc1c(CN2O[C@@H](CO)[C@H](CO)[C@H]2C(=O)N[C@H]2C[C@H]3C[C@@H]([C@@H]2C)C3(C)C)cccc1-c1cccc(NS(=O)(=O)CCc2ccccc2)c1. The van der Waals surface area contributed by atoms with Crippen molar-refractivity contribution in [1.82, 2.24) is 10.4 Å². The zero-order valence-corrected chi connectivity index (χ0v) is 29.5. The Morgan fingerprint density at radius 3 is 2.45 bits per heavy atom. The molecule has 4 fully saturated rings. The van der Waals surface area contributed by atoms with E-state index in [0.717, 1.165) is 28.7 Å². The molecule has 3 aliphatic carbocycles. The number of hydrogen-bond acceptors (Lipinski definition) is 8. The van der Waals surface area contributed by atoms with Crippen molar-refractivity contribution in [3.05, 3.63) is 83.9 Å². The van der Waals surface area contributed by atoms with Crippen molar-refractivity contribution in [3.63, 3.8) is 0 Å². The van der Waals surface area contributed by atoms with Gasteiger partial charge in [0.05, 0.1) is 32.6 Å². The molecule has 0 spiro atoms. The minimum Gasteiger partial charge on any atom is -0.496 e. The second kappa shape index (κ2) is 14.4. The molecule has 0 aromatic heterocycles. The Hall–Kier alpha value is -3.48. The zero-order valence-electron chi connectivity index (χ0n) is 28.7. The van der Waals surface area contributed by atoms with Gasteiger partial charge in [0.2, 0.25) is 15.9 Å². The lowest BCUT2D eigenvalue weighted by Crippen LogP contribution is -2.62. The zero-order chi connectivity index (χ0) is 34.9. The van der Waals surface area contributed by atoms with Gasteiger partial charge in [0, 0.05) is 28.8 Å². The molecule has 4 N–H and O–H groups in total. The normalized spacial score (nSPS) is 27.7. The summed E-state index contributed by atoms with van der Waals surface area (Å²) in [4.78, 5) is 20.1. The summed E-state index contributed by atoms with van der Waals surface area (Å²) in [6, 6.07) is 21.5. The molecule has 1 heterocycles. The Bertz CT molecular complexity index is 1730. The van der Waals surface area contributed by atoms with Gasteiger partial charge in [-0.3, -0.25) is 14.4 Å². The molecule has 0 radical (unpaired) electrons. The van der Waals surface area contributed by atoms with Crippen LogP contribution >= 0.6 is 0 Å². The van der Waals surface area contributed by atoms with Crippen LogP contribution in [-0.4, -0.2) is 73.9 Å². The van der Waals surface area contributed by atoms with Gasteiger partial charge in [-0.1, -0.05) is 81.4 Å². The number of nitrogens with zero attached hydrogens (tertiary/aromatic N) is 1. The second-order valence-electron chi connectivity index (χ2n) is 14.5. The Labute approximate surface area is 289 Å². The van der Waals surface area contributed by atoms with Crippen molar-refractivity contribution in [2.45, 2.75) is 64.8 Å². The Morgan fingerprint density at radius 1 is 1.02 bits per heavy atom. The number of aliphatic hydroxyl groups excluding tert-OH is 2. The molecule has 1 aliphatic heterocycles. The number of aliphatic hydroxyl groups is 2. The molecule has 1 saturated heterocycles. The summed E-state index contributed by atoms with van der Waals surface area (Å²) in [6.07, 6.45) is 1.79. The summed E-state index contributed by atoms with van der Waals surface area (Å²) in [5.41, 5.74) is 3.88. The van der Waals surface area contributed by atoms with E-state index in [-0.39, 0.29) is 42.9 Å². The minimum atomic E-state index is -3.61. The first kappa shape index (κ1) is 35.3. The maximum Gasteiger partial charge on any atom is 0.240 e. The topological polar surface area (TPSA) is 137 Å². The molecular formula is C38H49N3O7S. The molecule has 0 unspecified atom stereocenters. The number of hydroxylamine groups is 2. The van der Waals surface area contributed by atoms with Crippen molar-refractivity contribution in [2.75, 3.05) is 30.8 Å². The van der Waals surface area contributed by atoms with Crippen LogP contribution in [0, 0.1) is 29.1 Å². The molecule has 10 nitrogen and oxygen atoms in total. The summed E-state index contributed by atoms with van der Waals surface area (Å²) in [7, 11) is -2.04. The quantitative estimate of drug-likeness (QED) is 0.204. The fraction of sp³-hybridized carbons (Fsp3) is 0.500. The van der Waals surface area contributed by atoms with Crippen LogP contribution in [0.2, 0.25) is 0 Å². The molecule has 264 valence electrons. The minimum absolute atomic E-state index is 0.0412.